The first kappa shape index (κ1) is 33.5. The van der Waals surface area contributed by atoms with E-state index >= 15 is 0 Å². The molecule has 0 saturated heterocycles. The number of hydrogen-bond acceptors (Lipinski definition) is 2. The Balaban J connectivity index is 0. The van der Waals surface area contributed by atoms with Crippen LogP contribution in [0.2, 0.25) is 0 Å². The van der Waals surface area contributed by atoms with Crippen LogP contribution in [0.3, 0.4) is 0 Å². The van der Waals surface area contributed by atoms with Crippen LogP contribution in [-0.2, 0) is 4.74 Å². The van der Waals surface area contributed by atoms with Crippen molar-refractivity contribution in [2.24, 2.45) is 5.92 Å². The first-order valence-corrected chi connectivity index (χ1v) is 14.7. The van der Waals surface area contributed by atoms with Gasteiger partial charge in [0.25, 0.3) is 0 Å². The van der Waals surface area contributed by atoms with Gasteiger partial charge in [0.2, 0.25) is 0 Å². The van der Waals surface area contributed by atoms with E-state index in [1.807, 2.05) is 0 Å². The number of allylic oxidation sites excluding steroid dienone is 2. The number of unbranched alkanes of at least 4 members (excludes halogenated alkanes) is 8. The Morgan fingerprint density at radius 3 is 1.78 bits per heavy atom. The molecule has 1 aliphatic heterocycles. The van der Waals surface area contributed by atoms with E-state index in [4.69, 9.17) is 4.74 Å². The van der Waals surface area contributed by atoms with Crippen molar-refractivity contribution in [1.29, 1.82) is 0 Å². The van der Waals surface area contributed by atoms with Crippen molar-refractivity contribution < 1.29 is 4.74 Å². The van der Waals surface area contributed by atoms with Gasteiger partial charge in [0.1, 0.15) is 11.9 Å². The smallest absolute Gasteiger partial charge is 0.115 e. The molecular formula is C30H63NO. The molecule has 0 amide bonds. The number of nitrogens with one attached hydrogen (secondary N) is 1. The van der Waals surface area contributed by atoms with Gasteiger partial charge in [-0.1, -0.05) is 132 Å². The molecular weight excluding hydrogens is 390 g/mol. The lowest BCUT2D eigenvalue weighted by atomic mass is 10.0. The van der Waals surface area contributed by atoms with Gasteiger partial charge in [-0.15, -0.1) is 0 Å². The fourth-order valence-electron chi connectivity index (χ4n) is 3.80. The third-order valence-electron chi connectivity index (χ3n) is 6.35. The van der Waals surface area contributed by atoms with Gasteiger partial charge in [-0.05, 0) is 31.6 Å². The summed E-state index contributed by atoms with van der Waals surface area (Å²) in [7, 11) is 0. The van der Waals surface area contributed by atoms with Gasteiger partial charge >= 0.3 is 0 Å². The Kier molecular flexibility index (Phi) is 27.8. The van der Waals surface area contributed by atoms with Gasteiger partial charge in [-0.2, -0.15) is 0 Å². The lowest BCUT2D eigenvalue weighted by molar-refractivity contribution is 0.0802. The largest absolute Gasteiger partial charge is 0.491 e. The highest BCUT2D eigenvalue weighted by Crippen LogP contribution is 2.22. The minimum Gasteiger partial charge on any atom is -0.491 e. The fraction of sp³-hybridized carbons (Fsp3) is 0.933. The van der Waals surface area contributed by atoms with Crippen LogP contribution in [-0.4, -0.2) is 12.6 Å². The quantitative estimate of drug-likeness (QED) is 0.235. The first-order chi connectivity index (χ1) is 15.5. The summed E-state index contributed by atoms with van der Waals surface area (Å²) in [5.41, 5.74) is 1.32. The Morgan fingerprint density at radius 1 is 0.750 bits per heavy atom. The lowest BCUT2D eigenvalue weighted by Gasteiger charge is -2.29. The summed E-state index contributed by atoms with van der Waals surface area (Å²) in [6, 6.07) is 0. The summed E-state index contributed by atoms with van der Waals surface area (Å²) in [6.07, 6.45) is 22.9. The zero-order valence-electron chi connectivity index (χ0n) is 23.8. The molecule has 2 heteroatoms. The average Bonchev–Trinajstić information content (AvgIpc) is 2.82. The van der Waals surface area contributed by atoms with Crippen molar-refractivity contribution in [3.63, 3.8) is 0 Å². The van der Waals surface area contributed by atoms with E-state index in [0.717, 1.165) is 25.3 Å². The van der Waals surface area contributed by atoms with Gasteiger partial charge in [0, 0.05) is 12.1 Å². The molecule has 1 aliphatic rings. The van der Waals surface area contributed by atoms with E-state index in [1.54, 1.807) is 0 Å². The van der Waals surface area contributed by atoms with Crippen LogP contribution in [0.4, 0.5) is 0 Å². The normalized spacial score (nSPS) is 16.2. The maximum atomic E-state index is 6.05. The molecule has 0 bridgehead atoms. The van der Waals surface area contributed by atoms with Crippen LogP contribution in [0.15, 0.2) is 11.5 Å². The van der Waals surface area contributed by atoms with E-state index in [9.17, 15) is 0 Å². The summed E-state index contributed by atoms with van der Waals surface area (Å²) >= 11 is 0. The van der Waals surface area contributed by atoms with Crippen LogP contribution >= 0.6 is 0 Å². The molecule has 0 radical (unpaired) electrons. The van der Waals surface area contributed by atoms with Crippen LogP contribution in [0, 0.1) is 5.92 Å². The molecule has 0 spiro atoms. The molecule has 2 atom stereocenters. The minimum absolute atomic E-state index is 0.404. The van der Waals surface area contributed by atoms with Gasteiger partial charge < -0.3 is 10.1 Å². The molecule has 0 aromatic carbocycles. The number of hydrogen-bond donors (Lipinski definition) is 1. The zero-order valence-corrected chi connectivity index (χ0v) is 23.8. The molecule has 1 heterocycles. The maximum absolute atomic E-state index is 6.05. The van der Waals surface area contributed by atoms with E-state index in [0.29, 0.717) is 6.10 Å². The molecule has 32 heavy (non-hydrogen) atoms. The van der Waals surface area contributed by atoms with Crippen LogP contribution in [0.25, 0.3) is 0 Å². The molecule has 0 aromatic heterocycles. The summed E-state index contributed by atoms with van der Waals surface area (Å²) in [5, 5.41) is 3.52. The van der Waals surface area contributed by atoms with Crippen molar-refractivity contribution in [3.8, 4) is 0 Å². The molecule has 2 unspecified atom stereocenters. The van der Waals surface area contributed by atoms with E-state index in [1.165, 1.54) is 108 Å². The van der Waals surface area contributed by atoms with E-state index < -0.39 is 0 Å². The minimum atomic E-state index is 0.404. The van der Waals surface area contributed by atoms with Crippen LogP contribution in [0.5, 0.6) is 0 Å². The molecule has 1 rings (SSSR count). The van der Waals surface area contributed by atoms with Gasteiger partial charge in [-0.25, -0.2) is 0 Å². The van der Waals surface area contributed by atoms with Gasteiger partial charge in [-0.3, -0.25) is 0 Å². The lowest BCUT2D eigenvalue weighted by Crippen LogP contribution is -2.34. The highest BCUT2D eigenvalue weighted by molar-refractivity contribution is 5.09. The van der Waals surface area contributed by atoms with Gasteiger partial charge in [0.15, 0.2) is 0 Å². The Morgan fingerprint density at radius 2 is 1.31 bits per heavy atom. The standard InChI is InChI=1S/C13H25NO.C10H22.C7H16/c1-4-7-9-11-10-14-12(6-3)13(15-11)8-5-2;1-4-6-7-8-9-10(3)5-2;1-3-5-7-6-4-2/h11,14H,4-10H2,1-3H3;10H,4-9H2,1-3H3;3-7H2,1-2H3. The molecule has 0 fully saturated rings. The van der Waals surface area contributed by atoms with Crippen molar-refractivity contribution in [2.45, 2.75) is 171 Å². The SMILES string of the molecule is CCCCC1CNC(CC)=C(CCC)O1.CCCCCCC.CCCCCCC(C)CC. The fourth-order valence-corrected chi connectivity index (χ4v) is 3.80. The van der Waals surface area contributed by atoms with Crippen molar-refractivity contribution in [1.82, 2.24) is 5.32 Å². The number of rotatable bonds is 16. The van der Waals surface area contributed by atoms with Crippen LogP contribution < -0.4 is 5.32 Å². The zero-order chi connectivity index (χ0) is 24.5. The number of ether oxygens (including phenoxy) is 1. The third-order valence-corrected chi connectivity index (χ3v) is 6.35. The molecule has 194 valence electrons. The molecule has 2 nitrogen and oxygen atoms in total. The summed E-state index contributed by atoms with van der Waals surface area (Å²) in [5.74, 6) is 2.17. The first-order valence-electron chi connectivity index (χ1n) is 14.7. The highest BCUT2D eigenvalue weighted by Gasteiger charge is 2.19. The molecule has 0 aliphatic carbocycles. The Labute approximate surface area is 204 Å². The second-order valence-electron chi connectivity index (χ2n) is 9.69. The predicted octanol–water partition coefficient (Wildman–Crippen LogP) is 10.6. The summed E-state index contributed by atoms with van der Waals surface area (Å²) < 4.78 is 6.05. The Hall–Kier alpha value is -0.660. The summed E-state index contributed by atoms with van der Waals surface area (Å²) in [4.78, 5) is 0. The second kappa shape index (κ2) is 26.6. The topological polar surface area (TPSA) is 21.3 Å². The third kappa shape index (κ3) is 21.2. The van der Waals surface area contributed by atoms with Crippen molar-refractivity contribution in [2.75, 3.05) is 6.54 Å². The van der Waals surface area contributed by atoms with E-state index in [-0.39, 0.29) is 0 Å². The maximum Gasteiger partial charge on any atom is 0.115 e. The molecule has 0 saturated carbocycles. The Bertz CT molecular complexity index is 386. The van der Waals surface area contributed by atoms with Gasteiger partial charge in [0.05, 0.1) is 6.54 Å². The van der Waals surface area contributed by atoms with E-state index in [2.05, 4.69) is 60.7 Å². The van der Waals surface area contributed by atoms with Crippen LogP contribution in [0.1, 0.15) is 165 Å². The summed E-state index contributed by atoms with van der Waals surface area (Å²) in [6.45, 7) is 19.0. The average molecular weight is 454 g/mol. The highest BCUT2D eigenvalue weighted by atomic mass is 16.5. The second-order valence-corrected chi connectivity index (χ2v) is 9.69. The van der Waals surface area contributed by atoms with Crippen molar-refractivity contribution >= 4 is 0 Å². The predicted molar refractivity (Wildman–Crippen MR) is 147 cm³/mol. The van der Waals surface area contributed by atoms with Crippen molar-refractivity contribution in [3.05, 3.63) is 11.5 Å². The monoisotopic (exact) mass is 453 g/mol. The molecule has 0 aromatic rings. The molecule has 1 N–H and O–H groups in total.